The highest BCUT2D eigenvalue weighted by Crippen LogP contribution is 2.47. The van der Waals surface area contributed by atoms with E-state index in [0.717, 1.165) is 16.7 Å². The molecule has 0 spiro atoms. The zero-order valence-corrected chi connectivity index (χ0v) is 49.4. The lowest BCUT2D eigenvalue weighted by Gasteiger charge is -2.38. The van der Waals surface area contributed by atoms with Crippen LogP contribution in [0.15, 0.2) is 54.6 Å². The average Bonchev–Trinajstić information content (AvgIpc) is 3.23. The van der Waals surface area contributed by atoms with Gasteiger partial charge in [0.15, 0.2) is 0 Å². The largest absolute Gasteiger partial charge is 0.147 e. The van der Waals surface area contributed by atoms with Crippen LogP contribution in [0, 0.1) is 106 Å². The van der Waals surface area contributed by atoms with Crippen molar-refractivity contribution in [3.8, 4) is 106 Å². The molecule has 0 aliphatic rings. The van der Waals surface area contributed by atoms with Gasteiger partial charge in [0.2, 0.25) is 0 Å². The Hall–Kier alpha value is -6.08. The summed E-state index contributed by atoms with van der Waals surface area (Å²) in [7, 11) is -1.81. The van der Waals surface area contributed by atoms with E-state index in [-0.39, 0.29) is 32.5 Å². The van der Waals surface area contributed by atoms with Gasteiger partial charge in [0.05, 0.1) is 0 Å². The van der Waals surface area contributed by atoms with Crippen molar-refractivity contribution in [2.24, 2.45) is 0 Å². The minimum Gasteiger partial charge on any atom is -0.116 e. The summed E-state index contributed by atoms with van der Waals surface area (Å²) in [4.78, 5) is 0. The Morgan fingerprint density at radius 2 is 0.423 bits per heavy atom. The van der Waals surface area contributed by atoms with Crippen LogP contribution in [0.3, 0.4) is 0 Å². The summed E-state index contributed by atoms with van der Waals surface area (Å²) in [5, 5.41) is 0. The predicted octanol–water partition coefficient (Wildman–Crippen LogP) is 16.1. The third kappa shape index (κ3) is 15.7. The zero-order chi connectivity index (χ0) is 54.0. The van der Waals surface area contributed by atoms with Crippen molar-refractivity contribution in [3.63, 3.8) is 0 Å². The Kier molecular flexibility index (Phi) is 19.2. The van der Waals surface area contributed by atoms with Crippen LogP contribution >= 0.6 is 0 Å². The second kappa shape index (κ2) is 23.0. The van der Waals surface area contributed by atoms with Crippen LogP contribution in [-0.2, 0) is 37.9 Å². The van der Waals surface area contributed by atoms with Gasteiger partial charge in [-0.15, -0.1) is 5.54 Å². The Labute approximate surface area is 437 Å². The van der Waals surface area contributed by atoms with Gasteiger partial charge in [-0.1, -0.05) is 227 Å². The summed E-state index contributed by atoms with van der Waals surface area (Å²) in [6.45, 7) is 55.2. The maximum atomic E-state index is 3.93. The van der Waals surface area contributed by atoms with Crippen LogP contribution in [0.25, 0.3) is 0 Å². The Morgan fingerprint density at radius 3 is 0.606 bits per heavy atom. The van der Waals surface area contributed by atoms with Gasteiger partial charge in [-0.2, -0.15) is 0 Å². The Balaban J connectivity index is 2.37. The second-order valence-corrected chi connectivity index (χ2v) is 31.9. The summed E-state index contributed by atoms with van der Waals surface area (Å²) in [5.74, 6) is 49.9. The highest BCUT2D eigenvalue weighted by molar-refractivity contribution is 6.90. The molecule has 0 nitrogen and oxygen atoms in total. The van der Waals surface area contributed by atoms with Crippen LogP contribution < -0.4 is 0 Å². The summed E-state index contributed by atoms with van der Waals surface area (Å²) in [6, 6.07) is 21.7. The van der Waals surface area contributed by atoms with E-state index < -0.39 is 13.5 Å². The first kappa shape index (κ1) is 59.2. The minimum absolute atomic E-state index is 0.126. The first-order chi connectivity index (χ1) is 32.5. The molecule has 0 unspecified atom stereocenters. The van der Waals surface area contributed by atoms with Gasteiger partial charge in [0.1, 0.15) is 13.5 Å². The van der Waals surface area contributed by atoms with Crippen molar-refractivity contribution in [3.05, 3.63) is 105 Å². The third-order valence-electron chi connectivity index (χ3n) is 13.6. The summed E-state index contributed by atoms with van der Waals surface area (Å²) >= 11 is 0. The average molecular weight is 954 g/mol. The van der Waals surface area contributed by atoms with Crippen LogP contribution in [-0.4, -0.2) is 8.07 Å². The molecule has 0 fully saturated rings. The van der Waals surface area contributed by atoms with Crippen LogP contribution in [0.2, 0.25) is 16.6 Å². The molecule has 0 radical (unpaired) electrons. The molecule has 0 N–H and O–H groups in total. The third-order valence-corrected chi connectivity index (χ3v) is 19.9. The maximum Gasteiger partial charge on any atom is 0.147 e. The van der Waals surface area contributed by atoms with E-state index in [1.807, 2.05) is 0 Å². The van der Waals surface area contributed by atoms with E-state index in [4.69, 9.17) is 0 Å². The lowest BCUT2D eigenvalue weighted by Crippen LogP contribution is -2.43. The molecule has 0 bridgehead atoms. The Morgan fingerprint density at radius 1 is 0.254 bits per heavy atom. The lowest BCUT2D eigenvalue weighted by atomic mass is 9.64. The Bertz CT molecular complexity index is 2740. The first-order valence-corrected chi connectivity index (χ1v) is 27.8. The van der Waals surface area contributed by atoms with E-state index in [2.05, 4.69) is 327 Å². The SMILES string of the molecule is CC(C)[Si](C#CC#CC#CC#CC#CC#CC#CC#CC#CC(c1cc(C(C)(C)C)cc(C(C)(C)C)c1)(c1cc(C(C)(C)C)cc(C(C)(C)C)c1)c1cc(C(C)(C)C)cc(C(C)(C)C)c1)(C(C)C)C(C)C. The highest BCUT2D eigenvalue weighted by atomic mass is 28.3. The molecule has 3 aromatic carbocycles. The maximum absolute atomic E-state index is 3.93. The molecule has 3 rings (SSSR count). The molecule has 0 aromatic heterocycles. The predicted molar refractivity (Wildman–Crippen MR) is 312 cm³/mol. The van der Waals surface area contributed by atoms with Gasteiger partial charge in [-0.05, 0) is 194 Å². The van der Waals surface area contributed by atoms with Gasteiger partial charge in [0, 0.05) is 0 Å². The molecule has 0 heterocycles. The van der Waals surface area contributed by atoms with Crippen molar-refractivity contribution in [1.29, 1.82) is 0 Å². The van der Waals surface area contributed by atoms with E-state index >= 15 is 0 Å². The fourth-order valence-corrected chi connectivity index (χ4v) is 14.1. The summed E-state index contributed by atoms with van der Waals surface area (Å²) < 4.78 is 0. The minimum atomic E-state index is -1.81. The topological polar surface area (TPSA) is 0 Å². The zero-order valence-electron chi connectivity index (χ0n) is 48.4. The van der Waals surface area contributed by atoms with Gasteiger partial charge in [-0.3, -0.25) is 0 Å². The van der Waals surface area contributed by atoms with Gasteiger partial charge >= 0.3 is 0 Å². The van der Waals surface area contributed by atoms with E-state index in [9.17, 15) is 0 Å². The fraction of sp³-hybridized carbons (Fsp3) is 0.486. The number of hydrogen-bond acceptors (Lipinski definition) is 0. The molecular formula is C70H84Si. The molecule has 0 saturated heterocycles. The molecule has 1 heteroatoms. The normalized spacial score (nSPS) is 11.9. The molecule has 0 aliphatic carbocycles. The van der Waals surface area contributed by atoms with Crippen molar-refractivity contribution in [2.45, 2.75) is 221 Å². The smallest absolute Gasteiger partial charge is 0.116 e. The molecule has 3 aromatic rings. The van der Waals surface area contributed by atoms with E-state index in [1.54, 1.807) is 0 Å². The van der Waals surface area contributed by atoms with Crippen LogP contribution in [0.1, 0.15) is 216 Å². The molecule has 368 valence electrons. The van der Waals surface area contributed by atoms with Crippen LogP contribution in [0.5, 0.6) is 0 Å². The van der Waals surface area contributed by atoms with Gasteiger partial charge < -0.3 is 0 Å². The molecule has 0 atom stereocenters. The number of rotatable bonds is 6. The molecule has 0 aliphatic heterocycles. The second-order valence-electron chi connectivity index (χ2n) is 26.3. The van der Waals surface area contributed by atoms with Crippen LogP contribution in [0.4, 0.5) is 0 Å². The van der Waals surface area contributed by atoms with Crippen molar-refractivity contribution < 1.29 is 0 Å². The summed E-state index contributed by atoms with van der Waals surface area (Å²) in [6.07, 6.45) is 0. The van der Waals surface area contributed by atoms with Crippen molar-refractivity contribution in [2.75, 3.05) is 0 Å². The van der Waals surface area contributed by atoms with Crippen molar-refractivity contribution in [1.82, 2.24) is 0 Å². The lowest BCUT2D eigenvalue weighted by molar-refractivity contribution is 0.558. The molecule has 71 heavy (non-hydrogen) atoms. The van der Waals surface area contributed by atoms with Gasteiger partial charge in [0.25, 0.3) is 0 Å². The monoisotopic (exact) mass is 953 g/mol. The fourth-order valence-electron chi connectivity index (χ4n) is 8.98. The highest BCUT2D eigenvalue weighted by Gasteiger charge is 2.42. The van der Waals surface area contributed by atoms with Crippen molar-refractivity contribution >= 4 is 8.07 Å². The summed E-state index contributed by atoms with van der Waals surface area (Å²) in [5.41, 5.74) is 14.6. The standard InChI is InChI=1S/C70H84Si/c1-52(2)71(53(3)4,54(5)6)42-40-38-36-34-32-30-28-26-25-27-29-31-33-35-37-39-41-70(61-46-55(64(7,8)9)43-56(47-61)65(10,11)12,62-48-57(66(13,14)15)44-58(49-62)67(16,17)18)63-50-59(68(19,20)21)45-60(51-63)69(22,23)24/h43-54H,1-24H3. The molecule has 0 saturated carbocycles. The number of hydrogen-bond donors (Lipinski definition) is 0. The van der Waals surface area contributed by atoms with E-state index in [0.29, 0.717) is 16.6 Å². The molecule has 0 amide bonds. The number of benzene rings is 3. The molecular weight excluding hydrogens is 869 g/mol. The quantitative estimate of drug-likeness (QED) is 0.131. The van der Waals surface area contributed by atoms with E-state index in [1.165, 1.54) is 33.4 Å². The van der Waals surface area contributed by atoms with Gasteiger partial charge in [-0.25, -0.2) is 0 Å². The first-order valence-electron chi connectivity index (χ1n) is 25.5.